The van der Waals surface area contributed by atoms with E-state index in [1.54, 1.807) is 29.8 Å². The Hall–Kier alpha value is -1.99. The maximum atomic E-state index is 12.2. The lowest BCUT2D eigenvalue weighted by Gasteiger charge is -2.01. The molecule has 0 aliphatic carbocycles. The maximum Gasteiger partial charge on any atom is 0.296 e. The molecule has 3 aromatic rings. The van der Waals surface area contributed by atoms with Crippen LogP contribution in [0.1, 0.15) is 15.9 Å². The highest BCUT2D eigenvalue weighted by Gasteiger charge is 2.17. The van der Waals surface area contributed by atoms with Crippen LogP contribution in [0.25, 0.3) is 10.9 Å². The minimum absolute atomic E-state index is 0.0325. The fourth-order valence-electron chi connectivity index (χ4n) is 2.63. The van der Waals surface area contributed by atoms with Gasteiger partial charge in [0.25, 0.3) is 5.91 Å². The van der Waals surface area contributed by atoms with Gasteiger partial charge in [0.2, 0.25) is 5.88 Å². The standard InChI is InChI=1S/C17H13Br2N3O2/c1-9-7-10(18)8-12-14(17(24)22(2)15(9)12)20-21-16(23)11-5-3-4-6-13(11)19/h3-8,24H,1-2H3. The molecule has 5 nitrogen and oxygen atoms in total. The summed E-state index contributed by atoms with van der Waals surface area (Å²) in [6.45, 7) is 1.94. The summed E-state index contributed by atoms with van der Waals surface area (Å²) in [4.78, 5) is 12.2. The number of hydrogen-bond acceptors (Lipinski definition) is 3. The van der Waals surface area contributed by atoms with Gasteiger partial charge in [-0.05, 0) is 52.7 Å². The Morgan fingerprint density at radius 1 is 1.21 bits per heavy atom. The molecule has 0 bridgehead atoms. The Labute approximate surface area is 155 Å². The molecule has 1 N–H and O–H groups in total. The number of carbonyl (C=O) groups excluding carboxylic acids is 1. The molecule has 0 atom stereocenters. The zero-order valence-corrected chi connectivity index (χ0v) is 16.1. The molecule has 0 radical (unpaired) electrons. The third kappa shape index (κ3) is 2.89. The number of halogens is 2. The van der Waals surface area contributed by atoms with Gasteiger partial charge in [-0.1, -0.05) is 28.1 Å². The Morgan fingerprint density at radius 2 is 1.92 bits per heavy atom. The summed E-state index contributed by atoms with van der Waals surface area (Å²) in [5.74, 6) is -0.513. The summed E-state index contributed by atoms with van der Waals surface area (Å²) in [6, 6.07) is 10.8. The van der Waals surface area contributed by atoms with Crippen molar-refractivity contribution < 1.29 is 9.90 Å². The number of aromatic hydroxyl groups is 1. The van der Waals surface area contributed by atoms with Crippen molar-refractivity contribution in [1.82, 2.24) is 4.57 Å². The van der Waals surface area contributed by atoms with E-state index in [4.69, 9.17) is 0 Å². The minimum atomic E-state index is -0.481. The molecule has 0 saturated heterocycles. The molecule has 1 amide bonds. The van der Waals surface area contributed by atoms with Gasteiger partial charge in [-0.3, -0.25) is 4.79 Å². The molecule has 7 heteroatoms. The third-order valence-corrected chi connectivity index (χ3v) is 4.88. The molecule has 0 aliphatic rings. The summed E-state index contributed by atoms with van der Waals surface area (Å²) in [6.07, 6.45) is 0. The highest BCUT2D eigenvalue weighted by Crippen LogP contribution is 2.40. The van der Waals surface area contributed by atoms with Crippen molar-refractivity contribution in [1.29, 1.82) is 0 Å². The molecular weight excluding hydrogens is 438 g/mol. The minimum Gasteiger partial charge on any atom is -0.493 e. The van der Waals surface area contributed by atoms with Gasteiger partial charge in [0.15, 0.2) is 5.69 Å². The number of amides is 1. The van der Waals surface area contributed by atoms with Crippen molar-refractivity contribution in [3.63, 3.8) is 0 Å². The SMILES string of the molecule is Cc1cc(Br)cc2c(N=NC(=O)c3ccccc3Br)c(O)n(C)c12. The van der Waals surface area contributed by atoms with Gasteiger partial charge < -0.3 is 9.67 Å². The van der Waals surface area contributed by atoms with Gasteiger partial charge in [0.05, 0.1) is 11.1 Å². The number of aryl methyl sites for hydroxylation is 2. The van der Waals surface area contributed by atoms with Crippen LogP contribution in [-0.4, -0.2) is 15.6 Å². The van der Waals surface area contributed by atoms with E-state index in [1.807, 2.05) is 25.1 Å². The molecule has 0 unspecified atom stereocenters. The lowest BCUT2D eigenvalue weighted by Crippen LogP contribution is -1.94. The lowest BCUT2D eigenvalue weighted by molar-refractivity contribution is 0.0994. The third-order valence-electron chi connectivity index (χ3n) is 3.73. The molecule has 0 fully saturated rings. The van der Waals surface area contributed by atoms with Crippen LogP contribution in [0, 0.1) is 6.92 Å². The molecule has 122 valence electrons. The molecule has 2 aromatic carbocycles. The normalized spacial score (nSPS) is 11.5. The van der Waals surface area contributed by atoms with E-state index in [2.05, 4.69) is 42.1 Å². The number of carbonyl (C=O) groups is 1. The van der Waals surface area contributed by atoms with E-state index >= 15 is 0 Å². The summed E-state index contributed by atoms with van der Waals surface area (Å²) < 4.78 is 3.15. The molecule has 1 aromatic heterocycles. The number of nitrogens with zero attached hydrogens (tertiary/aromatic N) is 3. The first-order chi connectivity index (χ1) is 11.4. The van der Waals surface area contributed by atoms with Crippen LogP contribution in [0.4, 0.5) is 5.69 Å². The van der Waals surface area contributed by atoms with Gasteiger partial charge in [-0.2, -0.15) is 0 Å². The fraction of sp³-hybridized carbons (Fsp3) is 0.118. The molecule has 3 rings (SSSR count). The van der Waals surface area contributed by atoms with Crippen LogP contribution in [0.3, 0.4) is 0 Å². The van der Waals surface area contributed by atoms with Crippen LogP contribution < -0.4 is 0 Å². The first-order valence-corrected chi connectivity index (χ1v) is 8.67. The second-order valence-corrected chi connectivity index (χ2v) is 7.11. The molecule has 0 aliphatic heterocycles. The first-order valence-electron chi connectivity index (χ1n) is 7.08. The van der Waals surface area contributed by atoms with E-state index in [0.717, 1.165) is 20.9 Å². The molecular formula is C17H13Br2N3O2. The van der Waals surface area contributed by atoms with Crippen LogP contribution in [0.2, 0.25) is 0 Å². The van der Waals surface area contributed by atoms with Gasteiger partial charge >= 0.3 is 0 Å². The van der Waals surface area contributed by atoms with E-state index in [0.29, 0.717) is 10.0 Å². The highest BCUT2D eigenvalue weighted by molar-refractivity contribution is 9.10. The Morgan fingerprint density at radius 3 is 2.62 bits per heavy atom. The van der Waals surface area contributed by atoms with E-state index in [1.165, 1.54) is 0 Å². The molecule has 24 heavy (non-hydrogen) atoms. The van der Waals surface area contributed by atoms with Crippen LogP contribution in [0.5, 0.6) is 5.88 Å². The largest absolute Gasteiger partial charge is 0.493 e. The monoisotopic (exact) mass is 449 g/mol. The van der Waals surface area contributed by atoms with Gasteiger partial charge in [0, 0.05) is 21.4 Å². The predicted octanol–water partition coefficient (Wildman–Crippen LogP) is 5.64. The second kappa shape index (κ2) is 6.49. The average Bonchev–Trinajstić information content (AvgIpc) is 2.77. The molecule has 1 heterocycles. The van der Waals surface area contributed by atoms with Crippen molar-refractivity contribution in [2.45, 2.75) is 6.92 Å². The van der Waals surface area contributed by atoms with Crippen molar-refractivity contribution >= 4 is 54.4 Å². The molecule has 0 spiro atoms. The van der Waals surface area contributed by atoms with Crippen molar-refractivity contribution in [3.8, 4) is 5.88 Å². The zero-order chi connectivity index (χ0) is 17.4. The second-order valence-electron chi connectivity index (χ2n) is 5.34. The number of benzene rings is 2. The smallest absolute Gasteiger partial charge is 0.296 e. The summed E-state index contributed by atoms with van der Waals surface area (Å²) >= 11 is 6.76. The zero-order valence-electron chi connectivity index (χ0n) is 12.9. The van der Waals surface area contributed by atoms with E-state index in [9.17, 15) is 9.90 Å². The van der Waals surface area contributed by atoms with E-state index < -0.39 is 5.91 Å². The maximum absolute atomic E-state index is 12.2. The van der Waals surface area contributed by atoms with Gasteiger partial charge in [-0.15, -0.1) is 10.2 Å². The topological polar surface area (TPSA) is 66.9 Å². The number of rotatable bonds is 2. The number of hydrogen-bond donors (Lipinski definition) is 1. The van der Waals surface area contributed by atoms with Gasteiger partial charge in [-0.25, -0.2) is 0 Å². The number of fused-ring (bicyclic) bond motifs is 1. The Kier molecular flexibility index (Phi) is 4.56. The van der Waals surface area contributed by atoms with Crippen LogP contribution >= 0.6 is 31.9 Å². The summed E-state index contributed by atoms with van der Waals surface area (Å²) in [5, 5.41) is 18.9. The summed E-state index contributed by atoms with van der Waals surface area (Å²) in [7, 11) is 1.74. The molecule has 0 saturated carbocycles. The van der Waals surface area contributed by atoms with Crippen LogP contribution in [-0.2, 0) is 7.05 Å². The highest BCUT2D eigenvalue weighted by atomic mass is 79.9. The van der Waals surface area contributed by atoms with Crippen molar-refractivity contribution in [2.75, 3.05) is 0 Å². The number of aromatic nitrogens is 1. The lowest BCUT2D eigenvalue weighted by atomic mass is 10.1. The number of azo groups is 1. The Bertz CT molecular complexity index is 993. The van der Waals surface area contributed by atoms with Crippen molar-refractivity contribution in [3.05, 3.63) is 56.5 Å². The van der Waals surface area contributed by atoms with E-state index in [-0.39, 0.29) is 11.6 Å². The first kappa shape index (κ1) is 16.9. The van der Waals surface area contributed by atoms with Crippen molar-refractivity contribution in [2.24, 2.45) is 17.3 Å². The fourth-order valence-corrected chi connectivity index (χ4v) is 3.66. The summed E-state index contributed by atoms with van der Waals surface area (Å²) in [5.41, 5.74) is 2.52. The predicted molar refractivity (Wildman–Crippen MR) is 100 cm³/mol. The van der Waals surface area contributed by atoms with Gasteiger partial charge in [0.1, 0.15) is 0 Å². The average molecular weight is 451 g/mol. The van der Waals surface area contributed by atoms with Crippen LogP contribution in [0.15, 0.2) is 55.6 Å². The Balaban J connectivity index is 2.09. The quantitative estimate of drug-likeness (QED) is 0.513.